The van der Waals surface area contributed by atoms with Crippen LogP contribution in [0.15, 0.2) is 6.20 Å². The lowest BCUT2D eigenvalue weighted by Gasteiger charge is -2.07. The molecule has 1 rings (SSSR count). The highest BCUT2D eigenvalue weighted by molar-refractivity contribution is 5.75. The van der Waals surface area contributed by atoms with Crippen molar-refractivity contribution in [3.63, 3.8) is 0 Å². The fourth-order valence-electron chi connectivity index (χ4n) is 1.01. The molecule has 78 valence electrons. The van der Waals surface area contributed by atoms with Gasteiger partial charge in [0, 0.05) is 12.5 Å². The second-order valence-corrected chi connectivity index (χ2v) is 3.34. The number of aromatic nitrogens is 3. The molecule has 6 nitrogen and oxygen atoms in total. The summed E-state index contributed by atoms with van der Waals surface area (Å²) in [4.78, 5) is 12.6. The van der Waals surface area contributed by atoms with Gasteiger partial charge < -0.3 is 11.1 Å². The average molecular weight is 197 g/mol. The molecular formula is C8H15N5O. The van der Waals surface area contributed by atoms with Crippen molar-refractivity contribution in [3.05, 3.63) is 6.20 Å². The number of hydrogen-bond donors (Lipinski definition) is 2. The number of nitrogen functional groups attached to an aromatic ring is 1. The number of carbonyl (C=O) groups is 1. The molecule has 1 aromatic rings. The van der Waals surface area contributed by atoms with Gasteiger partial charge in [-0.15, -0.1) is 5.10 Å². The van der Waals surface area contributed by atoms with Crippen LogP contribution >= 0.6 is 0 Å². The second kappa shape index (κ2) is 4.59. The highest BCUT2D eigenvalue weighted by Crippen LogP contribution is 1.93. The van der Waals surface area contributed by atoms with Crippen LogP contribution in [0.4, 0.5) is 5.82 Å². The molecule has 0 aliphatic heterocycles. The first-order valence-electron chi connectivity index (χ1n) is 4.53. The van der Waals surface area contributed by atoms with E-state index in [9.17, 15) is 4.79 Å². The lowest BCUT2D eigenvalue weighted by molar-refractivity contribution is -0.121. The predicted octanol–water partition coefficient (Wildman–Crippen LogP) is -0.225. The average Bonchev–Trinajstić information content (AvgIpc) is 2.47. The number of hydrogen-bond acceptors (Lipinski definition) is 4. The minimum absolute atomic E-state index is 0.00382. The van der Waals surface area contributed by atoms with E-state index >= 15 is 0 Å². The maximum absolute atomic E-state index is 11.2. The summed E-state index contributed by atoms with van der Waals surface area (Å²) < 4.78 is 0. The Hall–Kier alpha value is -1.59. The van der Waals surface area contributed by atoms with E-state index in [1.54, 1.807) is 0 Å². The lowest BCUT2D eigenvalue weighted by atomic mass is 10.3. The Morgan fingerprint density at radius 2 is 2.43 bits per heavy atom. The quantitative estimate of drug-likeness (QED) is 0.698. The molecule has 0 atom stereocenters. The molecule has 14 heavy (non-hydrogen) atoms. The number of nitrogens with one attached hydrogen (secondary N) is 1. The summed E-state index contributed by atoms with van der Waals surface area (Å²) in [6.07, 6.45) is 1.83. The molecule has 0 aliphatic carbocycles. The molecule has 0 fully saturated rings. The van der Waals surface area contributed by atoms with Gasteiger partial charge in [-0.2, -0.15) is 9.90 Å². The van der Waals surface area contributed by atoms with E-state index in [0.717, 1.165) is 0 Å². The summed E-state index contributed by atoms with van der Waals surface area (Å²) in [7, 11) is 0. The molecular weight excluding hydrogens is 182 g/mol. The molecule has 1 aromatic heterocycles. The van der Waals surface area contributed by atoms with E-state index in [4.69, 9.17) is 5.73 Å². The topological polar surface area (TPSA) is 85.8 Å². The van der Waals surface area contributed by atoms with Crippen molar-refractivity contribution < 1.29 is 4.79 Å². The Morgan fingerprint density at radius 1 is 1.71 bits per heavy atom. The van der Waals surface area contributed by atoms with Crippen LogP contribution < -0.4 is 11.1 Å². The summed E-state index contributed by atoms with van der Waals surface area (Å²) in [6.45, 7) is 4.29. The third kappa shape index (κ3) is 3.42. The van der Waals surface area contributed by atoms with Gasteiger partial charge in [-0.25, -0.2) is 0 Å². The number of anilines is 1. The Morgan fingerprint density at radius 3 is 2.93 bits per heavy atom. The van der Waals surface area contributed by atoms with E-state index in [-0.39, 0.29) is 11.9 Å². The van der Waals surface area contributed by atoms with Crippen LogP contribution in [0.5, 0.6) is 0 Å². The van der Waals surface area contributed by atoms with E-state index in [1.807, 2.05) is 13.8 Å². The van der Waals surface area contributed by atoms with E-state index in [0.29, 0.717) is 18.8 Å². The van der Waals surface area contributed by atoms with Crippen LogP contribution in [0.2, 0.25) is 0 Å². The van der Waals surface area contributed by atoms with Crippen molar-refractivity contribution >= 4 is 11.7 Å². The molecule has 3 N–H and O–H groups in total. The molecule has 0 radical (unpaired) electrons. The van der Waals surface area contributed by atoms with E-state index in [2.05, 4.69) is 15.5 Å². The van der Waals surface area contributed by atoms with E-state index < -0.39 is 0 Å². The molecule has 6 heteroatoms. The number of amides is 1. The van der Waals surface area contributed by atoms with Crippen molar-refractivity contribution in [3.8, 4) is 0 Å². The minimum Gasteiger partial charge on any atom is -0.381 e. The summed E-state index contributed by atoms with van der Waals surface area (Å²) in [5.74, 6) is 0.366. The van der Waals surface area contributed by atoms with Crippen molar-refractivity contribution in [2.75, 3.05) is 5.73 Å². The Balaban J connectivity index is 2.30. The number of nitrogens with zero attached hydrogens (tertiary/aromatic N) is 3. The zero-order chi connectivity index (χ0) is 10.6. The normalized spacial score (nSPS) is 10.5. The van der Waals surface area contributed by atoms with Crippen LogP contribution in [0, 0.1) is 0 Å². The largest absolute Gasteiger partial charge is 0.381 e. The molecule has 0 spiro atoms. The Labute approximate surface area is 82.5 Å². The molecule has 0 saturated heterocycles. The lowest BCUT2D eigenvalue weighted by Crippen LogP contribution is -2.30. The predicted molar refractivity (Wildman–Crippen MR) is 52.3 cm³/mol. The summed E-state index contributed by atoms with van der Waals surface area (Å²) >= 11 is 0. The number of carbonyl (C=O) groups excluding carboxylic acids is 1. The highest BCUT2D eigenvalue weighted by atomic mass is 16.1. The maximum Gasteiger partial charge on any atom is 0.222 e. The highest BCUT2D eigenvalue weighted by Gasteiger charge is 2.04. The van der Waals surface area contributed by atoms with Crippen molar-refractivity contribution in [2.24, 2.45) is 0 Å². The van der Waals surface area contributed by atoms with Crippen LogP contribution in [-0.4, -0.2) is 26.9 Å². The Bertz CT molecular complexity index is 306. The van der Waals surface area contributed by atoms with Gasteiger partial charge in [0.15, 0.2) is 5.82 Å². The third-order valence-electron chi connectivity index (χ3n) is 1.54. The molecule has 0 aliphatic rings. The van der Waals surface area contributed by atoms with Gasteiger partial charge in [0.05, 0.1) is 12.7 Å². The SMILES string of the molecule is CC(C)NC(=O)CCn1ncc(N)n1. The summed E-state index contributed by atoms with van der Waals surface area (Å²) in [6, 6.07) is 0.165. The first kappa shape index (κ1) is 10.5. The summed E-state index contributed by atoms with van der Waals surface area (Å²) in [5.41, 5.74) is 5.37. The Kier molecular flexibility index (Phi) is 3.44. The van der Waals surface area contributed by atoms with Crippen LogP contribution in [-0.2, 0) is 11.3 Å². The first-order chi connectivity index (χ1) is 6.58. The maximum atomic E-state index is 11.2. The first-order valence-corrected chi connectivity index (χ1v) is 4.53. The summed E-state index contributed by atoms with van der Waals surface area (Å²) in [5, 5.41) is 10.5. The van der Waals surface area contributed by atoms with Gasteiger partial charge in [0.2, 0.25) is 5.91 Å². The van der Waals surface area contributed by atoms with Crippen molar-refractivity contribution in [1.82, 2.24) is 20.3 Å². The molecule has 0 unspecified atom stereocenters. The monoisotopic (exact) mass is 197 g/mol. The number of aryl methyl sites for hydroxylation is 1. The van der Waals surface area contributed by atoms with Crippen LogP contribution in [0.3, 0.4) is 0 Å². The minimum atomic E-state index is -0.00382. The van der Waals surface area contributed by atoms with Gasteiger partial charge in [-0.3, -0.25) is 4.79 Å². The zero-order valence-corrected chi connectivity index (χ0v) is 8.40. The van der Waals surface area contributed by atoms with Gasteiger partial charge in [0.1, 0.15) is 0 Å². The van der Waals surface area contributed by atoms with Gasteiger partial charge in [0.25, 0.3) is 0 Å². The zero-order valence-electron chi connectivity index (χ0n) is 8.40. The fourth-order valence-corrected chi connectivity index (χ4v) is 1.01. The van der Waals surface area contributed by atoms with Gasteiger partial charge in [-0.1, -0.05) is 0 Å². The smallest absolute Gasteiger partial charge is 0.222 e. The van der Waals surface area contributed by atoms with Crippen molar-refractivity contribution in [1.29, 1.82) is 0 Å². The second-order valence-electron chi connectivity index (χ2n) is 3.34. The van der Waals surface area contributed by atoms with Crippen LogP contribution in [0.1, 0.15) is 20.3 Å². The molecule has 1 heterocycles. The van der Waals surface area contributed by atoms with Crippen molar-refractivity contribution in [2.45, 2.75) is 32.9 Å². The molecule has 0 aromatic carbocycles. The van der Waals surface area contributed by atoms with Gasteiger partial charge >= 0.3 is 0 Å². The third-order valence-corrected chi connectivity index (χ3v) is 1.54. The fraction of sp³-hybridized carbons (Fsp3) is 0.625. The standard InChI is InChI=1S/C8H15N5O/c1-6(2)11-8(14)3-4-13-10-5-7(9)12-13/h5-6H,3-4H2,1-2H3,(H2,9,12)(H,11,14). The molecule has 1 amide bonds. The number of nitrogens with two attached hydrogens (primary N) is 1. The van der Waals surface area contributed by atoms with Crippen LogP contribution in [0.25, 0.3) is 0 Å². The molecule has 0 bridgehead atoms. The molecule has 0 saturated carbocycles. The van der Waals surface area contributed by atoms with E-state index in [1.165, 1.54) is 11.0 Å². The number of rotatable bonds is 4. The van der Waals surface area contributed by atoms with Gasteiger partial charge in [-0.05, 0) is 13.8 Å².